The van der Waals surface area contributed by atoms with Gasteiger partial charge in [-0.25, -0.2) is 0 Å². The first-order valence-electron chi connectivity index (χ1n) is 5.74. The highest BCUT2D eigenvalue weighted by Crippen LogP contribution is 2.15. The number of H-pyrrole nitrogens is 1. The minimum atomic E-state index is -0.0715. The minimum absolute atomic E-state index is 0.0141. The highest BCUT2D eigenvalue weighted by atomic mass is 16.3. The van der Waals surface area contributed by atoms with Gasteiger partial charge in [0.15, 0.2) is 0 Å². The summed E-state index contributed by atoms with van der Waals surface area (Å²) in [5, 5.41) is 9.92. The molecule has 17 heavy (non-hydrogen) atoms. The van der Waals surface area contributed by atoms with Gasteiger partial charge in [0.2, 0.25) is 0 Å². The fourth-order valence-electron chi connectivity index (χ4n) is 1.88. The number of fused-ring (bicyclic) bond motifs is 1. The quantitative estimate of drug-likeness (QED) is 0.841. The number of likely N-dealkylation sites (N-methyl/N-ethyl adjacent to an activating group) is 1. The molecule has 0 aliphatic carbocycles. The second kappa shape index (κ2) is 5.01. The number of benzene rings is 1. The molecular weight excluding hydrogens is 216 g/mol. The Hall–Kier alpha value is -1.81. The first-order chi connectivity index (χ1) is 8.26. The highest BCUT2D eigenvalue weighted by molar-refractivity contribution is 5.98. The van der Waals surface area contributed by atoms with Gasteiger partial charge in [0, 0.05) is 24.0 Å². The van der Waals surface area contributed by atoms with Crippen molar-refractivity contribution >= 4 is 16.8 Å². The Labute approximate surface area is 99.9 Å². The van der Waals surface area contributed by atoms with Gasteiger partial charge < -0.3 is 15.0 Å². The predicted octanol–water partition coefficient (Wildman–Crippen LogP) is 1.62. The molecule has 1 aromatic carbocycles. The molecule has 0 aliphatic heterocycles. The molecule has 1 aromatic heterocycles. The minimum Gasteiger partial charge on any atom is -0.395 e. The third kappa shape index (κ3) is 2.31. The summed E-state index contributed by atoms with van der Waals surface area (Å²) in [6.07, 6.45) is 0. The van der Waals surface area contributed by atoms with Crippen LogP contribution < -0.4 is 0 Å². The molecule has 2 aromatic rings. The molecule has 4 heteroatoms. The zero-order valence-electron chi connectivity index (χ0n) is 9.81. The molecule has 0 fully saturated rings. The standard InChI is InChI=1S/C13H16N2O2/c1-2-15(7-8-16)13(17)12-9-10-5-3-4-6-11(10)14-12/h3-6,9,14,16H,2,7-8H2,1H3. The van der Waals surface area contributed by atoms with E-state index < -0.39 is 0 Å². The van der Waals surface area contributed by atoms with Crippen molar-refractivity contribution < 1.29 is 9.90 Å². The van der Waals surface area contributed by atoms with E-state index in [1.165, 1.54) is 0 Å². The van der Waals surface area contributed by atoms with Crippen LogP contribution in [0.25, 0.3) is 10.9 Å². The first-order valence-corrected chi connectivity index (χ1v) is 5.74. The van der Waals surface area contributed by atoms with Crippen LogP contribution in [0.2, 0.25) is 0 Å². The summed E-state index contributed by atoms with van der Waals surface area (Å²) >= 11 is 0. The van der Waals surface area contributed by atoms with Gasteiger partial charge in [0.05, 0.1) is 6.61 Å². The number of aromatic amines is 1. The number of carbonyl (C=O) groups excluding carboxylic acids is 1. The normalized spacial score (nSPS) is 10.7. The van der Waals surface area contributed by atoms with E-state index in [2.05, 4.69) is 4.98 Å². The van der Waals surface area contributed by atoms with Crippen LogP contribution >= 0.6 is 0 Å². The molecule has 4 nitrogen and oxygen atoms in total. The van der Waals surface area contributed by atoms with E-state index in [9.17, 15) is 4.79 Å². The summed E-state index contributed by atoms with van der Waals surface area (Å²) in [4.78, 5) is 16.8. The molecule has 0 spiro atoms. The van der Waals surface area contributed by atoms with Gasteiger partial charge in [0.25, 0.3) is 5.91 Å². The number of nitrogens with one attached hydrogen (secondary N) is 1. The molecule has 2 N–H and O–H groups in total. The second-order valence-corrected chi connectivity index (χ2v) is 3.88. The van der Waals surface area contributed by atoms with E-state index in [1.807, 2.05) is 37.3 Å². The van der Waals surface area contributed by atoms with E-state index >= 15 is 0 Å². The fraction of sp³-hybridized carbons (Fsp3) is 0.308. The molecular formula is C13H16N2O2. The number of nitrogens with zero attached hydrogens (tertiary/aromatic N) is 1. The number of hydrogen-bond donors (Lipinski definition) is 2. The van der Waals surface area contributed by atoms with Crippen LogP contribution in [0.3, 0.4) is 0 Å². The maximum Gasteiger partial charge on any atom is 0.270 e. The van der Waals surface area contributed by atoms with Gasteiger partial charge in [-0.1, -0.05) is 18.2 Å². The molecule has 2 rings (SSSR count). The summed E-state index contributed by atoms with van der Waals surface area (Å²) in [6, 6.07) is 9.62. The third-order valence-electron chi connectivity index (χ3n) is 2.80. The van der Waals surface area contributed by atoms with Crippen LogP contribution in [0.5, 0.6) is 0 Å². The second-order valence-electron chi connectivity index (χ2n) is 3.88. The molecule has 0 saturated carbocycles. The number of hydrogen-bond acceptors (Lipinski definition) is 2. The molecule has 0 aliphatic rings. The summed E-state index contributed by atoms with van der Waals surface area (Å²) in [5.74, 6) is -0.0715. The number of amides is 1. The molecule has 0 bridgehead atoms. The summed E-state index contributed by atoms with van der Waals surface area (Å²) < 4.78 is 0. The lowest BCUT2D eigenvalue weighted by atomic mass is 10.2. The Kier molecular flexibility index (Phi) is 3.44. The Morgan fingerprint density at radius 2 is 2.18 bits per heavy atom. The highest BCUT2D eigenvalue weighted by Gasteiger charge is 2.15. The van der Waals surface area contributed by atoms with Crippen LogP contribution in [-0.2, 0) is 0 Å². The number of aliphatic hydroxyl groups excluding tert-OH is 1. The Bertz CT molecular complexity index is 486. The topological polar surface area (TPSA) is 56.3 Å². The van der Waals surface area contributed by atoms with Gasteiger partial charge in [0.1, 0.15) is 5.69 Å². The fourth-order valence-corrected chi connectivity index (χ4v) is 1.88. The average Bonchev–Trinajstić information content (AvgIpc) is 2.78. The van der Waals surface area contributed by atoms with Gasteiger partial charge >= 0.3 is 0 Å². The van der Waals surface area contributed by atoms with Crippen molar-refractivity contribution in [3.8, 4) is 0 Å². The summed E-state index contributed by atoms with van der Waals surface area (Å²) in [7, 11) is 0. The van der Waals surface area contributed by atoms with Gasteiger partial charge in [-0.2, -0.15) is 0 Å². The number of rotatable bonds is 4. The molecule has 0 unspecified atom stereocenters. The van der Waals surface area contributed by atoms with E-state index in [0.29, 0.717) is 18.8 Å². The molecule has 90 valence electrons. The maximum atomic E-state index is 12.1. The summed E-state index contributed by atoms with van der Waals surface area (Å²) in [6.45, 7) is 2.84. The van der Waals surface area contributed by atoms with Crippen molar-refractivity contribution in [2.45, 2.75) is 6.92 Å². The van der Waals surface area contributed by atoms with Crippen molar-refractivity contribution in [3.63, 3.8) is 0 Å². The Morgan fingerprint density at radius 3 is 2.82 bits per heavy atom. The zero-order chi connectivity index (χ0) is 12.3. The zero-order valence-corrected chi connectivity index (χ0v) is 9.81. The number of para-hydroxylation sites is 1. The van der Waals surface area contributed by atoms with Crippen LogP contribution in [-0.4, -0.2) is 40.6 Å². The number of aromatic nitrogens is 1. The van der Waals surface area contributed by atoms with Crippen molar-refractivity contribution in [1.29, 1.82) is 0 Å². The van der Waals surface area contributed by atoms with Crippen molar-refractivity contribution in [2.75, 3.05) is 19.7 Å². The van der Waals surface area contributed by atoms with Crippen LogP contribution in [0, 0.1) is 0 Å². The Morgan fingerprint density at radius 1 is 1.41 bits per heavy atom. The van der Waals surface area contributed by atoms with Crippen LogP contribution in [0.15, 0.2) is 30.3 Å². The lowest BCUT2D eigenvalue weighted by Crippen LogP contribution is -2.33. The lowest BCUT2D eigenvalue weighted by molar-refractivity contribution is 0.0727. The van der Waals surface area contributed by atoms with Crippen molar-refractivity contribution in [3.05, 3.63) is 36.0 Å². The first kappa shape index (κ1) is 11.7. The number of carbonyl (C=O) groups is 1. The lowest BCUT2D eigenvalue weighted by Gasteiger charge is -2.18. The van der Waals surface area contributed by atoms with Crippen LogP contribution in [0.1, 0.15) is 17.4 Å². The largest absolute Gasteiger partial charge is 0.395 e. The SMILES string of the molecule is CCN(CCO)C(=O)c1cc2ccccc2[nH]1. The maximum absolute atomic E-state index is 12.1. The Balaban J connectivity index is 2.29. The van der Waals surface area contributed by atoms with E-state index in [-0.39, 0.29) is 12.5 Å². The third-order valence-corrected chi connectivity index (χ3v) is 2.80. The average molecular weight is 232 g/mol. The monoisotopic (exact) mass is 232 g/mol. The summed E-state index contributed by atoms with van der Waals surface area (Å²) in [5.41, 5.74) is 1.53. The van der Waals surface area contributed by atoms with E-state index in [4.69, 9.17) is 5.11 Å². The van der Waals surface area contributed by atoms with Crippen molar-refractivity contribution in [1.82, 2.24) is 9.88 Å². The van der Waals surface area contributed by atoms with Crippen molar-refractivity contribution in [2.24, 2.45) is 0 Å². The molecule has 1 heterocycles. The predicted molar refractivity (Wildman–Crippen MR) is 67.0 cm³/mol. The van der Waals surface area contributed by atoms with E-state index in [1.54, 1.807) is 4.90 Å². The molecule has 0 saturated heterocycles. The van der Waals surface area contributed by atoms with Gasteiger partial charge in [-0.3, -0.25) is 4.79 Å². The van der Waals surface area contributed by atoms with Gasteiger partial charge in [-0.05, 0) is 19.1 Å². The smallest absolute Gasteiger partial charge is 0.270 e. The molecule has 1 amide bonds. The molecule has 0 radical (unpaired) electrons. The number of aliphatic hydroxyl groups is 1. The van der Waals surface area contributed by atoms with Gasteiger partial charge in [-0.15, -0.1) is 0 Å². The van der Waals surface area contributed by atoms with Crippen LogP contribution in [0.4, 0.5) is 0 Å². The molecule has 0 atom stereocenters. The van der Waals surface area contributed by atoms with E-state index in [0.717, 1.165) is 10.9 Å².